The van der Waals surface area contributed by atoms with Crippen LogP contribution in [0.2, 0.25) is 0 Å². The molecule has 9 unspecified atom stereocenters. The van der Waals surface area contributed by atoms with Gasteiger partial charge in [-0.15, -0.1) is 0 Å². The van der Waals surface area contributed by atoms with Gasteiger partial charge in [0.1, 0.15) is 73.1 Å². The van der Waals surface area contributed by atoms with E-state index in [1.54, 1.807) is 14.7 Å². The number of phosphoric acid groups is 3. The monoisotopic (exact) mass is 1720 g/mol. The first-order valence-electron chi connectivity index (χ1n) is 39.3. The summed E-state index contributed by atoms with van der Waals surface area (Å²) in [6, 6.07) is -3.30. The molecule has 15 N–H and O–H groups in total. The Labute approximate surface area is 668 Å². The predicted octanol–water partition coefficient (Wildman–Crippen LogP) is -2.40. The third-order valence-corrected chi connectivity index (χ3v) is 23.1. The van der Waals surface area contributed by atoms with Crippen LogP contribution in [0.25, 0.3) is 0 Å². The van der Waals surface area contributed by atoms with E-state index >= 15 is 0 Å². The second-order valence-corrected chi connectivity index (χ2v) is 33.6. The lowest BCUT2D eigenvalue weighted by Gasteiger charge is -2.42. The van der Waals surface area contributed by atoms with Gasteiger partial charge in [-0.25, -0.2) is 13.7 Å². The number of rotatable bonds is 53. The number of aliphatic hydroxyl groups is 9. The maximum atomic E-state index is 13.1. The van der Waals surface area contributed by atoms with E-state index < -0.39 is 177 Å². The van der Waals surface area contributed by atoms with Gasteiger partial charge in [0, 0.05) is 126 Å². The number of piperidine rings is 3. The minimum absolute atomic E-state index is 0.00420. The van der Waals surface area contributed by atoms with Crippen molar-refractivity contribution in [3.63, 3.8) is 0 Å². The molecule has 668 valence electrons. The minimum Gasteiger partial charge on any atom is -0.394 e. The molecule has 6 saturated heterocycles. The molecule has 6 aliphatic rings. The van der Waals surface area contributed by atoms with Gasteiger partial charge in [0.2, 0.25) is 35.4 Å². The van der Waals surface area contributed by atoms with Crippen molar-refractivity contribution in [2.45, 2.75) is 247 Å². The molecule has 6 aliphatic heterocycles. The number of carbonyl (C=O) groups excluding carboxylic acids is 6. The second kappa shape index (κ2) is 51.3. The fourth-order valence-corrected chi connectivity index (χ4v) is 16.8. The number of likely N-dealkylation sites (tertiary alicyclic amines) is 3. The van der Waals surface area contributed by atoms with Crippen LogP contribution in [0.5, 0.6) is 0 Å². The molecule has 0 radical (unpaired) electrons. The van der Waals surface area contributed by atoms with Crippen molar-refractivity contribution in [3.8, 4) is 0 Å². The zero-order valence-corrected chi connectivity index (χ0v) is 68.6. The van der Waals surface area contributed by atoms with Crippen molar-refractivity contribution in [1.29, 1.82) is 0 Å². The van der Waals surface area contributed by atoms with Crippen molar-refractivity contribution in [3.05, 3.63) is 0 Å². The molecule has 6 heterocycles. The third kappa shape index (κ3) is 35.0. The molecule has 18 atom stereocenters. The number of phosphoric ester groups is 3. The molecule has 6 rings (SSSR count). The molecule has 0 aromatic rings. The highest BCUT2D eigenvalue weighted by molar-refractivity contribution is 7.48. The Bertz CT molecular complexity index is 2730. The topological polar surface area (TPSA) is 590 Å². The van der Waals surface area contributed by atoms with E-state index in [1.807, 2.05) is 0 Å². The zero-order chi connectivity index (χ0) is 84.3. The molecular formula is C69H125N6O37P3. The van der Waals surface area contributed by atoms with Crippen LogP contribution in [-0.2, 0) is 117 Å². The van der Waals surface area contributed by atoms with Gasteiger partial charge < -0.3 is 139 Å². The predicted molar refractivity (Wildman–Crippen MR) is 396 cm³/mol. The van der Waals surface area contributed by atoms with Gasteiger partial charge in [-0.3, -0.25) is 55.9 Å². The minimum atomic E-state index is -4.58. The van der Waals surface area contributed by atoms with E-state index in [1.165, 1.54) is 27.9 Å². The summed E-state index contributed by atoms with van der Waals surface area (Å²) >= 11 is 0. The highest BCUT2D eigenvalue weighted by Crippen LogP contribution is 2.48. The number of carbonyl (C=O) groups is 6. The standard InChI is InChI=1S/C69H125N6O37P3/c1-45(79)70-57-63(88)60(85)51(38-76)107-66(57)101-32-8-5-14-54(82)73-23-17-48(18-24-73)110-113(91,92)104-35-11-29-98-42-69(41-97-4,43-99-30-12-36-105-114(93,94)111-49-19-25-74(26-20-49)55(83)15-6-9-33-102-67-58(71-46(2)80)64(89)61(86)52(39-77)108-67)44-100-31-13-37-106-115(95,96)112-50-21-27-75(28-22-50)56(84)16-7-10-34-103-68-59(72-47(3)81)65(90)62(87)53(40-78)109-68/h48-53,57-68,76-78,85-90H,5-44H2,1-4H3,(H,70,79)(H,71,80)(H,72,81)(H,91,92)(H,93,94)(H,95,96)/t51?,52?,53?,57-,58-,59-,60-,61-,62-,63?,64?,65?,66+,67+,68+,69?/m0/s1. The summed E-state index contributed by atoms with van der Waals surface area (Å²) in [5, 5.41) is 98.5. The lowest BCUT2D eigenvalue weighted by atomic mass is 9.92. The molecule has 0 aromatic carbocycles. The molecule has 115 heavy (non-hydrogen) atoms. The van der Waals surface area contributed by atoms with Gasteiger partial charge in [-0.1, -0.05) is 0 Å². The number of nitrogens with one attached hydrogen (secondary N) is 3. The lowest BCUT2D eigenvalue weighted by Crippen LogP contribution is -2.64. The Morgan fingerprint density at radius 1 is 0.383 bits per heavy atom. The fraction of sp³-hybridized carbons (Fsp3) is 0.913. The van der Waals surface area contributed by atoms with E-state index in [0.717, 1.165) is 0 Å². The smallest absolute Gasteiger partial charge is 0.394 e. The average Bonchev–Trinajstić information content (AvgIpc) is 0.810. The summed E-state index contributed by atoms with van der Waals surface area (Å²) in [7, 11) is -12.3. The normalized spacial score (nSPS) is 28.9. The maximum Gasteiger partial charge on any atom is 0.472 e. The molecule has 0 spiro atoms. The zero-order valence-electron chi connectivity index (χ0n) is 65.9. The van der Waals surface area contributed by atoms with E-state index in [2.05, 4.69) is 16.0 Å². The molecule has 0 aliphatic carbocycles. The lowest BCUT2D eigenvalue weighted by molar-refractivity contribution is -0.270. The SMILES string of the molecule is COCC(COCCCOP(=O)(O)OC1CCN(C(=O)CCCCO[C@@H]2OC(CO)[C@H](O)C(O)[C@@H]2NC(C)=O)CC1)(COCCCOP(=O)(O)OC1CCN(C(=O)CCCCO[C@@H]2OC(CO)[C@H](O)C(O)[C@@H]2NC(C)=O)CC1)COCCCOP(=O)(O)OC1CCN(C(=O)CCCCO[C@@H]2OC(CO)[C@H](O)C(O)[C@@H]2NC(C)=O)CC1. The molecule has 6 amide bonds. The Kier molecular flexibility index (Phi) is 44.7. The van der Waals surface area contributed by atoms with Gasteiger partial charge in [-0.05, 0) is 96.3 Å². The van der Waals surface area contributed by atoms with Crippen LogP contribution in [0.3, 0.4) is 0 Å². The third-order valence-electron chi connectivity index (χ3n) is 19.9. The van der Waals surface area contributed by atoms with E-state index in [4.69, 9.17) is 74.5 Å². The van der Waals surface area contributed by atoms with E-state index in [-0.39, 0.29) is 220 Å². The maximum absolute atomic E-state index is 13.1. The van der Waals surface area contributed by atoms with E-state index in [9.17, 15) is 103 Å². The van der Waals surface area contributed by atoms with Gasteiger partial charge in [0.15, 0.2) is 18.9 Å². The van der Waals surface area contributed by atoms with Gasteiger partial charge in [0.25, 0.3) is 0 Å². The van der Waals surface area contributed by atoms with Crippen molar-refractivity contribution in [2.75, 3.05) is 152 Å². The van der Waals surface area contributed by atoms with Crippen molar-refractivity contribution in [2.24, 2.45) is 5.41 Å². The molecule has 6 fully saturated rings. The van der Waals surface area contributed by atoms with E-state index in [0.29, 0.717) is 38.5 Å². The largest absolute Gasteiger partial charge is 0.472 e. The van der Waals surface area contributed by atoms with Crippen LogP contribution in [-0.4, -0.2) is 373 Å². The summed E-state index contributed by atoms with van der Waals surface area (Å²) in [5.74, 6) is -1.96. The summed E-state index contributed by atoms with van der Waals surface area (Å²) in [6.45, 7) is 2.68. The summed E-state index contributed by atoms with van der Waals surface area (Å²) in [6.07, 6.45) is -13.1. The number of ether oxygens (including phenoxy) is 10. The Hall–Kier alpha value is -3.61. The average molecular weight is 1720 g/mol. The van der Waals surface area contributed by atoms with Crippen molar-refractivity contribution < 1.29 is 178 Å². The Morgan fingerprint density at radius 2 is 0.643 bits per heavy atom. The number of amides is 6. The summed E-state index contributed by atoms with van der Waals surface area (Å²) < 4.78 is 129. The number of hydrogen-bond donors (Lipinski definition) is 15. The fourth-order valence-electron chi connectivity index (χ4n) is 13.8. The van der Waals surface area contributed by atoms with Crippen LogP contribution >= 0.6 is 23.5 Å². The summed E-state index contributed by atoms with van der Waals surface area (Å²) in [5.41, 5.74) is -1.03. The quantitative estimate of drug-likeness (QED) is 0.0223. The first kappa shape index (κ1) is 100. The Balaban J connectivity index is 0.895. The molecular weight excluding hydrogens is 1600 g/mol. The molecule has 0 saturated carbocycles. The van der Waals surface area contributed by atoms with Crippen LogP contribution in [0.4, 0.5) is 0 Å². The van der Waals surface area contributed by atoms with Gasteiger partial charge >= 0.3 is 23.5 Å². The van der Waals surface area contributed by atoms with Crippen LogP contribution < -0.4 is 16.0 Å². The number of hydrogen-bond acceptors (Lipinski definition) is 34. The first-order chi connectivity index (χ1) is 54.7. The highest BCUT2D eigenvalue weighted by Gasteiger charge is 2.49. The van der Waals surface area contributed by atoms with Crippen molar-refractivity contribution in [1.82, 2.24) is 30.7 Å². The number of aliphatic hydroxyl groups excluding tert-OH is 9. The highest BCUT2D eigenvalue weighted by atomic mass is 31.2. The van der Waals surface area contributed by atoms with Gasteiger partial charge in [-0.2, -0.15) is 0 Å². The number of nitrogens with zero attached hydrogens (tertiary/aromatic N) is 3. The molecule has 0 aromatic heterocycles. The van der Waals surface area contributed by atoms with Crippen LogP contribution in [0, 0.1) is 5.41 Å². The van der Waals surface area contributed by atoms with Gasteiger partial charge in [0.05, 0.1) is 89.8 Å². The summed E-state index contributed by atoms with van der Waals surface area (Å²) in [4.78, 5) is 111. The molecule has 46 heteroatoms. The molecule has 43 nitrogen and oxygen atoms in total. The Morgan fingerprint density at radius 3 is 0.878 bits per heavy atom. The van der Waals surface area contributed by atoms with Crippen LogP contribution in [0.15, 0.2) is 0 Å². The number of methoxy groups -OCH3 is 1. The molecule has 0 bridgehead atoms. The van der Waals surface area contributed by atoms with Crippen LogP contribution in [0.1, 0.15) is 136 Å². The second-order valence-electron chi connectivity index (χ2n) is 29.4. The number of unbranched alkanes of at least 4 members (excludes halogenated alkanes) is 3. The first-order valence-corrected chi connectivity index (χ1v) is 43.8. The van der Waals surface area contributed by atoms with Crippen molar-refractivity contribution >= 4 is 58.9 Å².